The molecule has 0 amide bonds. The SMILES string of the molecule is CC12CC1C(=O)CC2C(=O)O. The largest absolute Gasteiger partial charge is 0.481 e. The van der Waals surface area contributed by atoms with Gasteiger partial charge in [-0.1, -0.05) is 6.92 Å². The Hall–Kier alpha value is -0.860. The maximum atomic E-state index is 11.1. The maximum absolute atomic E-state index is 11.1. The van der Waals surface area contributed by atoms with Crippen molar-refractivity contribution in [3.8, 4) is 0 Å². The Kier molecular flexibility index (Phi) is 1.03. The van der Waals surface area contributed by atoms with Gasteiger partial charge in [-0.15, -0.1) is 0 Å². The van der Waals surface area contributed by atoms with E-state index in [0.717, 1.165) is 6.42 Å². The lowest BCUT2D eigenvalue weighted by Gasteiger charge is -2.11. The van der Waals surface area contributed by atoms with Gasteiger partial charge in [0.25, 0.3) is 0 Å². The molecule has 0 heterocycles. The predicted molar refractivity (Wildman–Crippen MR) is 37.0 cm³/mol. The molecule has 11 heavy (non-hydrogen) atoms. The van der Waals surface area contributed by atoms with Crippen LogP contribution in [0.25, 0.3) is 0 Å². The lowest BCUT2D eigenvalue weighted by atomic mass is 9.92. The number of carbonyl (C=O) groups excluding carboxylic acids is 1. The summed E-state index contributed by atoms with van der Waals surface area (Å²) >= 11 is 0. The Morgan fingerprint density at radius 2 is 2.36 bits per heavy atom. The second-order valence-electron chi connectivity index (χ2n) is 3.82. The molecule has 0 aromatic carbocycles. The van der Waals surface area contributed by atoms with Crippen molar-refractivity contribution in [1.29, 1.82) is 0 Å². The summed E-state index contributed by atoms with van der Waals surface area (Å²) in [4.78, 5) is 21.7. The molecule has 0 aliphatic heterocycles. The maximum Gasteiger partial charge on any atom is 0.307 e. The number of hydrogen-bond acceptors (Lipinski definition) is 2. The van der Waals surface area contributed by atoms with Crippen LogP contribution in [-0.4, -0.2) is 16.9 Å². The standard InChI is InChI=1S/C8H10O3/c1-8-3-5(8)6(9)2-4(8)7(10)11/h4-5H,2-3H2,1H3,(H,10,11). The number of Topliss-reactive ketones (excluding diaryl/α,β-unsaturated/α-hetero) is 1. The van der Waals surface area contributed by atoms with Crippen LogP contribution >= 0.6 is 0 Å². The average Bonchev–Trinajstić information content (AvgIpc) is 2.51. The van der Waals surface area contributed by atoms with Gasteiger partial charge < -0.3 is 5.11 Å². The van der Waals surface area contributed by atoms with Crippen LogP contribution < -0.4 is 0 Å². The minimum atomic E-state index is -0.805. The topological polar surface area (TPSA) is 54.4 Å². The fourth-order valence-corrected chi connectivity index (χ4v) is 2.19. The lowest BCUT2D eigenvalue weighted by Crippen LogP contribution is -2.20. The molecule has 0 bridgehead atoms. The van der Waals surface area contributed by atoms with Crippen LogP contribution in [0.5, 0.6) is 0 Å². The molecular formula is C8H10O3. The molecule has 60 valence electrons. The van der Waals surface area contributed by atoms with Gasteiger partial charge >= 0.3 is 5.97 Å². The number of carboxylic acids is 1. The van der Waals surface area contributed by atoms with Crippen LogP contribution in [0, 0.1) is 17.3 Å². The summed E-state index contributed by atoms with van der Waals surface area (Å²) in [6, 6.07) is 0. The number of carbonyl (C=O) groups is 2. The monoisotopic (exact) mass is 154 g/mol. The summed E-state index contributed by atoms with van der Waals surface area (Å²) in [5, 5.41) is 8.74. The second-order valence-corrected chi connectivity index (χ2v) is 3.82. The second kappa shape index (κ2) is 1.65. The molecule has 2 rings (SSSR count). The first-order chi connectivity index (χ1) is 5.05. The van der Waals surface area contributed by atoms with Crippen LogP contribution in [0.2, 0.25) is 0 Å². The van der Waals surface area contributed by atoms with Gasteiger partial charge in [-0.2, -0.15) is 0 Å². The summed E-state index contributed by atoms with van der Waals surface area (Å²) in [7, 11) is 0. The Labute approximate surface area is 64.4 Å². The molecular weight excluding hydrogens is 144 g/mol. The Morgan fingerprint density at radius 3 is 2.55 bits per heavy atom. The first-order valence-corrected chi connectivity index (χ1v) is 3.81. The summed E-state index contributed by atoms with van der Waals surface area (Å²) in [6.07, 6.45) is 1.05. The van der Waals surface area contributed by atoms with E-state index in [4.69, 9.17) is 5.11 Å². The summed E-state index contributed by atoms with van der Waals surface area (Å²) in [6.45, 7) is 1.90. The lowest BCUT2D eigenvalue weighted by molar-refractivity contribution is -0.144. The van der Waals surface area contributed by atoms with Crippen LogP contribution in [-0.2, 0) is 9.59 Å². The quantitative estimate of drug-likeness (QED) is 0.604. The number of hydrogen-bond donors (Lipinski definition) is 1. The summed E-state index contributed by atoms with van der Waals surface area (Å²) in [5.41, 5.74) is -0.178. The van der Waals surface area contributed by atoms with E-state index in [1.54, 1.807) is 0 Å². The molecule has 3 atom stereocenters. The van der Waals surface area contributed by atoms with Crippen molar-refractivity contribution in [1.82, 2.24) is 0 Å². The van der Waals surface area contributed by atoms with Gasteiger partial charge in [0.15, 0.2) is 0 Å². The smallest absolute Gasteiger partial charge is 0.307 e. The molecule has 0 aromatic heterocycles. The average molecular weight is 154 g/mol. The van der Waals surface area contributed by atoms with Gasteiger partial charge in [0.1, 0.15) is 5.78 Å². The van der Waals surface area contributed by atoms with E-state index in [0.29, 0.717) is 0 Å². The van der Waals surface area contributed by atoms with Crippen molar-refractivity contribution in [3.63, 3.8) is 0 Å². The van der Waals surface area contributed by atoms with Crippen LogP contribution in [0.1, 0.15) is 19.8 Å². The molecule has 2 aliphatic rings. The Balaban J connectivity index is 2.26. The normalized spacial score (nSPS) is 47.2. The Morgan fingerprint density at radius 1 is 1.73 bits per heavy atom. The number of aliphatic carboxylic acids is 1. The van der Waals surface area contributed by atoms with E-state index >= 15 is 0 Å². The van der Waals surface area contributed by atoms with Crippen molar-refractivity contribution >= 4 is 11.8 Å². The van der Waals surface area contributed by atoms with Gasteiger partial charge in [-0.25, -0.2) is 0 Å². The van der Waals surface area contributed by atoms with Gasteiger partial charge in [0, 0.05) is 12.3 Å². The minimum Gasteiger partial charge on any atom is -0.481 e. The number of fused-ring (bicyclic) bond motifs is 1. The summed E-state index contributed by atoms with van der Waals surface area (Å²) < 4.78 is 0. The van der Waals surface area contributed by atoms with E-state index in [9.17, 15) is 9.59 Å². The highest BCUT2D eigenvalue weighted by Gasteiger charge is 2.66. The molecule has 3 heteroatoms. The number of ketones is 1. The minimum absolute atomic E-state index is 0.0728. The van der Waals surface area contributed by atoms with Crippen molar-refractivity contribution in [2.24, 2.45) is 17.3 Å². The first-order valence-electron chi connectivity index (χ1n) is 3.81. The van der Waals surface area contributed by atoms with Crippen LogP contribution in [0.15, 0.2) is 0 Å². The van der Waals surface area contributed by atoms with E-state index in [2.05, 4.69) is 0 Å². The first kappa shape index (κ1) is 6.83. The fourth-order valence-electron chi connectivity index (χ4n) is 2.19. The molecule has 0 spiro atoms. The molecule has 0 aromatic rings. The zero-order chi connectivity index (χ0) is 8.22. The molecule has 0 saturated heterocycles. The Bertz CT molecular complexity index is 246. The molecule has 3 nitrogen and oxygen atoms in total. The van der Waals surface area contributed by atoms with Gasteiger partial charge in [-0.3, -0.25) is 9.59 Å². The highest BCUT2D eigenvalue weighted by atomic mass is 16.4. The van der Waals surface area contributed by atoms with Crippen molar-refractivity contribution < 1.29 is 14.7 Å². The zero-order valence-electron chi connectivity index (χ0n) is 6.33. The number of carboxylic acid groups (broad SMARTS) is 1. The third kappa shape index (κ3) is 0.682. The molecule has 2 aliphatic carbocycles. The van der Waals surface area contributed by atoms with E-state index in [1.807, 2.05) is 6.92 Å². The van der Waals surface area contributed by atoms with Crippen LogP contribution in [0.4, 0.5) is 0 Å². The van der Waals surface area contributed by atoms with E-state index in [-0.39, 0.29) is 23.5 Å². The van der Waals surface area contributed by atoms with Gasteiger partial charge in [-0.05, 0) is 11.8 Å². The molecule has 0 radical (unpaired) electrons. The predicted octanol–water partition coefficient (Wildman–Crippen LogP) is 0.686. The molecule has 3 unspecified atom stereocenters. The summed E-state index contributed by atoms with van der Waals surface area (Å²) in [5.74, 6) is -0.982. The van der Waals surface area contributed by atoms with Crippen molar-refractivity contribution in [3.05, 3.63) is 0 Å². The van der Waals surface area contributed by atoms with E-state index < -0.39 is 11.9 Å². The third-order valence-electron chi connectivity index (χ3n) is 3.17. The zero-order valence-corrected chi connectivity index (χ0v) is 6.33. The van der Waals surface area contributed by atoms with Crippen LogP contribution in [0.3, 0.4) is 0 Å². The van der Waals surface area contributed by atoms with Gasteiger partial charge in [0.2, 0.25) is 0 Å². The van der Waals surface area contributed by atoms with Crippen molar-refractivity contribution in [2.75, 3.05) is 0 Å². The molecule has 2 fully saturated rings. The fraction of sp³-hybridized carbons (Fsp3) is 0.750. The van der Waals surface area contributed by atoms with Gasteiger partial charge in [0.05, 0.1) is 5.92 Å². The number of rotatable bonds is 1. The molecule has 1 N–H and O–H groups in total. The van der Waals surface area contributed by atoms with Crippen molar-refractivity contribution in [2.45, 2.75) is 19.8 Å². The van der Waals surface area contributed by atoms with E-state index in [1.165, 1.54) is 0 Å². The third-order valence-corrected chi connectivity index (χ3v) is 3.17. The highest BCUT2D eigenvalue weighted by Crippen LogP contribution is 2.64. The molecule has 2 saturated carbocycles. The highest BCUT2D eigenvalue weighted by molar-refractivity contribution is 5.94.